The summed E-state index contributed by atoms with van der Waals surface area (Å²) in [7, 11) is 1.70. The zero-order chi connectivity index (χ0) is 12.5. The Morgan fingerprint density at radius 1 is 1.59 bits per heavy atom. The van der Waals surface area contributed by atoms with Crippen LogP contribution >= 0.6 is 0 Å². The van der Waals surface area contributed by atoms with Crippen molar-refractivity contribution >= 4 is 5.91 Å². The number of hydrogen-bond acceptors (Lipinski definition) is 4. The zero-order valence-electron chi connectivity index (χ0n) is 10.6. The average Bonchev–Trinajstić information content (AvgIpc) is 2.70. The molecule has 0 radical (unpaired) electrons. The lowest BCUT2D eigenvalue weighted by molar-refractivity contribution is -0.145. The second kappa shape index (κ2) is 4.92. The van der Waals surface area contributed by atoms with Crippen LogP contribution < -0.4 is 5.73 Å². The Bertz CT molecular complexity index is 297. The van der Waals surface area contributed by atoms with Gasteiger partial charge >= 0.3 is 0 Å². The summed E-state index contributed by atoms with van der Waals surface area (Å²) in [5.74, 6) is 0.115. The van der Waals surface area contributed by atoms with Crippen molar-refractivity contribution in [3.05, 3.63) is 0 Å². The second-order valence-electron chi connectivity index (χ2n) is 5.29. The van der Waals surface area contributed by atoms with Gasteiger partial charge in [0, 0.05) is 26.2 Å². The van der Waals surface area contributed by atoms with Crippen molar-refractivity contribution in [2.24, 2.45) is 11.1 Å². The number of nitrogens with two attached hydrogens (primary N) is 1. The molecule has 0 aromatic carbocycles. The van der Waals surface area contributed by atoms with E-state index in [1.54, 1.807) is 7.11 Å². The molecule has 0 saturated carbocycles. The van der Waals surface area contributed by atoms with Gasteiger partial charge in [0.2, 0.25) is 5.91 Å². The number of ether oxygens (including phenoxy) is 2. The maximum absolute atomic E-state index is 12.5. The summed E-state index contributed by atoms with van der Waals surface area (Å²) in [6, 6.07) is -0.196. The highest BCUT2D eigenvalue weighted by Crippen LogP contribution is 2.30. The molecular formula is C12H22N2O3. The maximum Gasteiger partial charge on any atom is 0.232 e. The Morgan fingerprint density at radius 2 is 2.35 bits per heavy atom. The van der Waals surface area contributed by atoms with Crippen LogP contribution in [0, 0.1) is 5.41 Å². The minimum Gasteiger partial charge on any atom is -0.380 e. The zero-order valence-corrected chi connectivity index (χ0v) is 10.6. The molecule has 2 N–H and O–H groups in total. The van der Waals surface area contributed by atoms with Crippen molar-refractivity contribution in [2.45, 2.75) is 31.9 Å². The molecule has 0 aliphatic carbocycles. The molecule has 0 bridgehead atoms. The number of carbonyl (C=O) groups excluding carboxylic acids is 1. The van der Waals surface area contributed by atoms with Crippen molar-refractivity contribution in [2.75, 3.05) is 33.4 Å². The molecule has 5 heteroatoms. The molecule has 5 nitrogen and oxygen atoms in total. The topological polar surface area (TPSA) is 64.8 Å². The molecule has 2 fully saturated rings. The predicted octanol–water partition coefficient (Wildman–Crippen LogP) is -0.0124. The predicted molar refractivity (Wildman–Crippen MR) is 63.5 cm³/mol. The van der Waals surface area contributed by atoms with Gasteiger partial charge in [0.1, 0.15) is 0 Å². The van der Waals surface area contributed by atoms with Gasteiger partial charge in [-0.05, 0) is 19.8 Å². The van der Waals surface area contributed by atoms with Crippen LogP contribution in [0.1, 0.15) is 19.8 Å². The molecule has 98 valence electrons. The fourth-order valence-electron chi connectivity index (χ4n) is 2.59. The molecule has 2 aliphatic heterocycles. The van der Waals surface area contributed by atoms with Crippen LogP contribution in [-0.4, -0.2) is 56.4 Å². The standard InChI is InChI=1S/C12H22N2O3/c1-12(8-17-7-10(12)13)11(15)14-5-3-4-9(6-14)16-2/h9-10H,3-8,13H2,1-2H3. The Kier molecular flexibility index (Phi) is 3.70. The van der Waals surface area contributed by atoms with E-state index >= 15 is 0 Å². The normalized spacial score (nSPS) is 38.4. The SMILES string of the molecule is COC1CCCN(C(=O)C2(C)COCC2N)C1. The van der Waals surface area contributed by atoms with Gasteiger partial charge in [-0.25, -0.2) is 0 Å². The number of rotatable bonds is 2. The Balaban J connectivity index is 2.04. The van der Waals surface area contributed by atoms with E-state index in [-0.39, 0.29) is 18.1 Å². The van der Waals surface area contributed by atoms with Gasteiger partial charge in [-0.2, -0.15) is 0 Å². The summed E-state index contributed by atoms with van der Waals surface area (Å²) >= 11 is 0. The van der Waals surface area contributed by atoms with Crippen molar-refractivity contribution < 1.29 is 14.3 Å². The van der Waals surface area contributed by atoms with Gasteiger partial charge in [0.25, 0.3) is 0 Å². The molecular weight excluding hydrogens is 220 g/mol. The number of amides is 1. The van der Waals surface area contributed by atoms with Crippen LogP contribution in [0.15, 0.2) is 0 Å². The fourth-order valence-corrected chi connectivity index (χ4v) is 2.59. The van der Waals surface area contributed by atoms with Gasteiger partial charge in [-0.15, -0.1) is 0 Å². The monoisotopic (exact) mass is 242 g/mol. The lowest BCUT2D eigenvalue weighted by atomic mass is 9.83. The van der Waals surface area contributed by atoms with E-state index < -0.39 is 5.41 Å². The molecule has 0 spiro atoms. The van der Waals surface area contributed by atoms with Crippen molar-refractivity contribution in [3.8, 4) is 0 Å². The first kappa shape index (κ1) is 12.8. The number of nitrogens with zero attached hydrogens (tertiary/aromatic N) is 1. The molecule has 2 aliphatic rings. The quantitative estimate of drug-likeness (QED) is 0.739. The molecule has 1 amide bonds. The first-order valence-corrected chi connectivity index (χ1v) is 6.23. The number of methoxy groups -OCH3 is 1. The van der Waals surface area contributed by atoms with E-state index in [2.05, 4.69) is 0 Å². The van der Waals surface area contributed by atoms with Crippen molar-refractivity contribution in [1.29, 1.82) is 0 Å². The number of likely N-dealkylation sites (tertiary alicyclic amines) is 1. The summed E-state index contributed by atoms with van der Waals surface area (Å²) in [5.41, 5.74) is 5.42. The van der Waals surface area contributed by atoms with E-state index in [0.717, 1.165) is 19.4 Å². The van der Waals surface area contributed by atoms with Crippen molar-refractivity contribution in [3.63, 3.8) is 0 Å². The lowest BCUT2D eigenvalue weighted by Crippen LogP contribution is -2.54. The summed E-state index contributed by atoms with van der Waals surface area (Å²) < 4.78 is 10.7. The molecule has 2 saturated heterocycles. The van der Waals surface area contributed by atoms with Crippen LogP contribution in [0.3, 0.4) is 0 Å². The largest absolute Gasteiger partial charge is 0.380 e. The highest BCUT2D eigenvalue weighted by atomic mass is 16.5. The number of piperidine rings is 1. The van der Waals surface area contributed by atoms with Gasteiger partial charge in [-0.3, -0.25) is 4.79 Å². The molecule has 0 aromatic heterocycles. The van der Waals surface area contributed by atoms with E-state index in [9.17, 15) is 4.79 Å². The van der Waals surface area contributed by atoms with Gasteiger partial charge in [0.15, 0.2) is 0 Å². The molecule has 2 heterocycles. The van der Waals surface area contributed by atoms with Crippen LogP contribution in [0.5, 0.6) is 0 Å². The fraction of sp³-hybridized carbons (Fsp3) is 0.917. The van der Waals surface area contributed by atoms with E-state index in [1.165, 1.54) is 0 Å². The van der Waals surface area contributed by atoms with Crippen LogP contribution in [0.4, 0.5) is 0 Å². The summed E-state index contributed by atoms with van der Waals surface area (Å²) in [6.45, 7) is 4.30. The minimum absolute atomic E-state index is 0.115. The Labute approximate surface area is 102 Å². The second-order valence-corrected chi connectivity index (χ2v) is 5.29. The van der Waals surface area contributed by atoms with Gasteiger partial charge in [0.05, 0.1) is 24.7 Å². The summed E-state index contributed by atoms with van der Waals surface area (Å²) in [5, 5.41) is 0. The third kappa shape index (κ3) is 2.32. The highest BCUT2D eigenvalue weighted by Gasteiger charge is 2.47. The average molecular weight is 242 g/mol. The minimum atomic E-state index is -0.560. The molecule has 2 rings (SSSR count). The van der Waals surface area contributed by atoms with Crippen LogP contribution in [0.2, 0.25) is 0 Å². The smallest absolute Gasteiger partial charge is 0.232 e. The van der Waals surface area contributed by atoms with Gasteiger partial charge in [-0.1, -0.05) is 0 Å². The first-order chi connectivity index (χ1) is 8.08. The molecule has 0 aromatic rings. The Hall–Kier alpha value is -0.650. The number of carbonyl (C=O) groups is 1. The molecule has 3 unspecified atom stereocenters. The lowest BCUT2D eigenvalue weighted by Gasteiger charge is -2.37. The van der Waals surface area contributed by atoms with E-state index in [0.29, 0.717) is 19.8 Å². The van der Waals surface area contributed by atoms with Crippen LogP contribution in [-0.2, 0) is 14.3 Å². The third-order valence-electron chi connectivity index (χ3n) is 4.00. The molecule has 3 atom stereocenters. The van der Waals surface area contributed by atoms with Crippen molar-refractivity contribution in [1.82, 2.24) is 4.90 Å². The van der Waals surface area contributed by atoms with E-state index in [1.807, 2.05) is 11.8 Å². The summed E-state index contributed by atoms with van der Waals surface area (Å²) in [4.78, 5) is 14.4. The first-order valence-electron chi connectivity index (χ1n) is 6.23. The Morgan fingerprint density at radius 3 is 2.94 bits per heavy atom. The highest BCUT2D eigenvalue weighted by molar-refractivity contribution is 5.83. The number of hydrogen-bond donors (Lipinski definition) is 1. The summed E-state index contributed by atoms with van der Waals surface area (Å²) in [6.07, 6.45) is 2.19. The maximum atomic E-state index is 12.5. The van der Waals surface area contributed by atoms with E-state index in [4.69, 9.17) is 15.2 Å². The van der Waals surface area contributed by atoms with Gasteiger partial charge < -0.3 is 20.1 Å². The third-order valence-corrected chi connectivity index (χ3v) is 4.00. The molecule has 17 heavy (non-hydrogen) atoms. The van der Waals surface area contributed by atoms with Crippen LogP contribution in [0.25, 0.3) is 0 Å².